The molecule has 3 aromatic carbocycles. The number of nitro benzene ring substituents is 1. The van der Waals surface area contributed by atoms with E-state index in [1.165, 1.54) is 29.2 Å². The molecule has 0 aromatic heterocycles. The number of carbonyl (C=O) groups is 1. The van der Waals surface area contributed by atoms with Gasteiger partial charge in [0.05, 0.1) is 16.4 Å². The molecule has 0 heterocycles. The molecule has 0 saturated heterocycles. The molecule has 0 aliphatic rings. The van der Waals surface area contributed by atoms with Crippen LogP contribution in [0.1, 0.15) is 21.5 Å². The standard InChI is InChI=1S/C24H25N3O7S/c1-16-12-17(2)14-20(13-16)34-11-10-26(3)24(29)18-4-6-19(7-5-18)25-35(32,33)21-8-9-23(28)22(15-21)27(30)31/h4-9,12-15,25,28H,10-11H2,1-3H3. The number of phenols is 1. The van der Waals surface area contributed by atoms with Crippen LogP contribution < -0.4 is 9.46 Å². The van der Waals surface area contributed by atoms with E-state index in [0.29, 0.717) is 18.7 Å². The Kier molecular flexibility index (Phi) is 7.60. The minimum atomic E-state index is -4.16. The molecule has 0 aliphatic heterocycles. The third-order valence-electron chi connectivity index (χ3n) is 5.08. The molecular formula is C24H25N3O7S. The number of amides is 1. The fourth-order valence-electron chi connectivity index (χ4n) is 3.35. The van der Waals surface area contributed by atoms with E-state index in [4.69, 9.17) is 4.74 Å². The van der Waals surface area contributed by atoms with Crippen LogP contribution in [0.4, 0.5) is 11.4 Å². The van der Waals surface area contributed by atoms with Crippen LogP contribution in [0.3, 0.4) is 0 Å². The van der Waals surface area contributed by atoms with Crippen molar-refractivity contribution >= 4 is 27.3 Å². The molecule has 3 rings (SSSR count). The summed E-state index contributed by atoms with van der Waals surface area (Å²) < 4.78 is 33.2. The molecule has 0 bridgehead atoms. The Balaban J connectivity index is 1.62. The molecule has 11 heteroatoms. The molecular weight excluding hydrogens is 474 g/mol. The van der Waals surface area contributed by atoms with Gasteiger partial charge in [-0.25, -0.2) is 8.42 Å². The van der Waals surface area contributed by atoms with Crippen LogP contribution in [0, 0.1) is 24.0 Å². The maximum Gasteiger partial charge on any atom is 0.312 e. The number of nitrogens with one attached hydrogen (secondary N) is 1. The van der Waals surface area contributed by atoms with Gasteiger partial charge in [-0.1, -0.05) is 6.07 Å². The van der Waals surface area contributed by atoms with Gasteiger partial charge in [0.2, 0.25) is 0 Å². The molecule has 0 saturated carbocycles. The van der Waals surface area contributed by atoms with Gasteiger partial charge in [-0.15, -0.1) is 0 Å². The Hall–Kier alpha value is -4.12. The van der Waals surface area contributed by atoms with E-state index >= 15 is 0 Å². The van der Waals surface area contributed by atoms with Crippen LogP contribution >= 0.6 is 0 Å². The summed E-state index contributed by atoms with van der Waals surface area (Å²) in [4.78, 5) is 23.9. The summed E-state index contributed by atoms with van der Waals surface area (Å²) in [5.41, 5.74) is 1.96. The van der Waals surface area contributed by atoms with Crippen molar-refractivity contribution in [3.8, 4) is 11.5 Å². The fraction of sp³-hybridized carbons (Fsp3) is 0.208. The predicted molar refractivity (Wildman–Crippen MR) is 130 cm³/mol. The molecule has 1 amide bonds. The zero-order valence-electron chi connectivity index (χ0n) is 19.4. The van der Waals surface area contributed by atoms with Gasteiger partial charge in [-0.2, -0.15) is 0 Å². The number of hydrogen-bond acceptors (Lipinski definition) is 7. The number of aromatic hydroxyl groups is 1. The lowest BCUT2D eigenvalue weighted by atomic mass is 10.1. The number of benzene rings is 3. The van der Waals surface area contributed by atoms with E-state index in [1.54, 1.807) is 7.05 Å². The van der Waals surface area contributed by atoms with E-state index < -0.39 is 26.4 Å². The molecule has 0 radical (unpaired) electrons. The van der Waals surface area contributed by atoms with Crippen molar-refractivity contribution in [3.63, 3.8) is 0 Å². The second kappa shape index (κ2) is 10.4. The number of anilines is 1. The smallest absolute Gasteiger partial charge is 0.312 e. The Bertz CT molecular complexity index is 1340. The van der Waals surface area contributed by atoms with Crippen molar-refractivity contribution in [2.24, 2.45) is 0 Å². The third-order valence-corrected chi connectivity index (χ3v) is 6.45. The molecule has 3 aromatic rings. The first-order valence-corrected chi connectivity index (χ1v) is 12.0. The monoisotopic (exact) mass is 499 g/mol. The Morgan fingerprint density at radius 1 is 1.06 bits per heavy atom. The Labute approximate surface area is 203 Å². The molecule has 35 heavy (non-hydrogen) atoms. The molecule has 10 nitrogen and oxygen atoms in total. The number of likely N-dealkylation sites (N-methyl/N-ethyl adjacent to an activating group) is 1. The summed E-state index contributed by atoms with van der Waals surface area (Å²) in [6, 6.07) is 14.4. The number of sulfonamides is 1. The average molecular weight is 500 g/mol. The first kappa shape index (κ1) is 25.5. The number of carbonyl (C=O) groups excluding carboxylic acids is 1. The van der Waals surface area contributed by atoms with E-state index in [9.17, 15) is 28.4 Å². The Morgan fingerprint density at radius 3 is 2.29 bits per heavy atom. The highest BCUT2D eigenvalue weighted by Crippen LogP contribution is 2.29. The van der Waals surface area contributed by atoms with Crippen molar-refractivity contribution in [1.82, 2.24) is 4.90 Å². The first-order valence-electron chi connectivity index (χ1n) is 10.5. The zero-order chi connectivity index (χ0) is 25.8. The maximum atomic E-state index is 12.7. The van der Waals surface area contributed by atoms with Crippen LogP contribution in [0.5, 0.6) is 11.5 Å². The van der Waals surface area contributed by atoms with Crippen LogP contribution in [-0.4, -0.2) is 49.5 Å². The van der Waals surface area contributed by atoms with Gasteiger partial charge >= 0.3 is 5.69 Å². The average Bonchev–Trinajstić information content (AvgIpc) is 2.78. The second-order valence-electron chi connectivity index (χ2n) is 7.99. The van der Waals surface area contributed by atoms with Crippen LogP contribution in [0.2, 0.25) is 0 Å². The molecule has 0 unspecified atom stereocenters. The lowest BCUT2D eigenvalue weighted by Gasteiger charge is -2.18. The number of aryl methyl sites for hydroxylation is 2. The summed E-state index contributed by atoms with van der Waals surface area (Å²) in [7, 11) is -2.52. The van der Waals surface area contributed by atoms with Crippen LogP contribution in [0.15, 0.2) is 65.6 Å². The number of rotatable bonds is 9. The Morgan fingerprint density at radius 2 is 1.69 bits per heavy atom. The van der Waals surface area contributed by atoms with E-state index in [2.05, 4.69) is 4.72 Å². The number of nitro groups is 1. The fourth-order valence-corrected chi connectivity index (χ4v) is 4.43. The largest absolute Gasteiger partial charge is 0.502 e. The first-order chi connectivity index (χ1) is 16.5. The number of nitrogens with zero attached hydrogens (tertiary/aromatic N) is 2. The molecule has 2 N–H and O–H groups in total. The molecule has 0 fully saturated rings. The van der Waals surface area contributed by atoms with E-state index in [0.717, 1.165) is 35.1 Å². The van der Waals surface area contributed by atoms with Crippen molar-refractivity contribution < 1.29 is 28.0 Å². The zero-order valence-corrected chi connectivity index (χ0v) is 20.2. The van der Waals surface area contributed by atoms with Gasteiger partial charge in [0.1, 0.15) is 12.4 Å². The van der Waals surface area contributed by atoms with Crippen molar-refractivity contribution in [3.05, 3.63) is 87.5 Å². The highest BCUT2D eigenvalue weighted by molar-refractivity contribution is 7.92. The number of hydrogen-bond donors (Lipinski definition) is 2. The summed E-state index contributed by atoms with van der Waals surface area (Å²) in [6.45, 7) is 4.61. The summed E-state index contributed by atoms with van der Waals surface area (Å²) in [5, 5.41) is 20.5. The highest BCUT2D eigenvalue weighted by atomic mass is 32.2. The van der Waals surface area contributed by atoms with Gasteiger partial charge in [0.15, 0.2) is 5.75 Å². The van der Waals surface area contributed by atoms with Gasteiger partial charge in [0.25, 0.3) is 15.9 Å². The van der Waals surface area contributed by atoms with E-state index in [1.807, 2.05) is 32.0 Å². The molecule has 184 valence electrons. The third kappa shape index (κ3) is 6.48. The highest BCUT2D eigenvalue weighted by Gasteiger charge is 2.21. The summed E-state index contributed by atoms with van der Waals surface area (Å²) in [6.07, 6.45) is 0. The topological polar surface area (TPSA) is 139 Å². The minimum absolute atomic E-state index is 0.165. The van der Waals surface area contributed by atoms with Gasteiger partial charge < -0.3 is 14.7 Å². The van der Waals surface area contributed by atoms with Crippen molar-refractivity contribution in [1.29, 1.82) is 0 Å². The second-order valence-corrected chi connectivity index (χ2v) is 9.67. The summed E-state index contributed by atoms with van der Waals surface area (Å²) >= 11 is 0. The van der Waals surface area contributed by atoms with Gasteiger partial charge in [-0.3, -0.25) is 19.6 Å². The quantitative estimate of drug-likeness (QED) is 0.336. The van der Waals surface area contributed by atoms with Crippen LogP contribution in [-0.2, 0) is 10.0 Å². The van der Waals surface area contributed by atoms with E-state index in [-0.39, 0.29) is 16.5 Å². The molecule has 0 spiro atoms. The molecule has 0 aliphatic carbocycles. The summed E-state index contributed by atoms with van der Waals surface area (Å²) in [5.74, 6) is -0.170. The van der Waals surface area contributed by atoms with Crippen molar-refractivity contribution in [2.45, 2.75) is 18.7 Å². The lowest BCUT2D eigenvalue weighted by Crippen LogP contribution is -2.30. The number of phenolic OH excluding ortho intramolecular Hbond substituents is 1. The number of ether oxygens (including phenoxy) is 1. The minimum Gasteiger partial charge on any atom is -0.502 e. The normalized spacial score (nSPS) is 11.1. The van der Waals surface area contributed by atoms with Crippen LogP contribution in [0.25, 0.3) is 0 Å². The SMILES string of the molecule is Cc1cc(C)cc(OCCN(C)C(=O)c2ccc(NS(=O)(=O)c3ccc(O)c([N+](=O)[O-])c3)cc2)c1. The van der Waals surface area contributed by atoms with Gasteiger partial charge in [0, 0.05) is 24.4 Å². The molecule has 0 atom stereocenters. The predicted octanol–water partition coefficient (Wildman–Crippen LogP) is 3.87. The van der Waals surface area contributed by atoms with Crippen molar-refractivity contribution in [2.75, 3.05) is 24.9 Å². The maximum absolute atomic E-state index is 12.7. The lowest BCUT2D eigenvalue weighted by molar-refractivity contribution is -0.386. The van der Waals surface area contributed by atoms with Gasteiger partial charge in [-0.05, 0) is 73.5 Å².